The van der Waals surface area contributed by atoms with Gasteiger partial charge in [0.15, 0.2) is 9.84 Å². The van der Waals surface area contributed by atoms with Gasteiger partial charge in [-0.3, -0.25) is 4.79 Å². The van der Waals surface area contributed by atoms with Crippen molar-refractivity contribution in [3.8, 4) is 16.9 Å². The molecule has 0 atom stereocenters. The van der Waals surface area contributed by atoms with Gasteiger partial charge >= 0.3 is 0 Å². The average molecular weight is 414 g/mol. The number of nitrogens with zero attached hydrogens (tertiary/aromatic N) is 1. The monoisotopic (exact) mass is 413 g/mol. The molecule has 5 rings (SSSR count). The van der Waals surface area contributed by atoms with Crippen molar-refractivity contribution in [1.82, 2.24) is 4.57 Å². The summed E-state index contributed by atoms with van der Waals surface area (Å²) in [5.74, 6) is 1.31. The minimum atomic E-state index is -3.34. The molecule has 0 unspecified atom stereocenters. The number of pyridine rings is 1. The summed E-state index contributed by atoms with van der Waals surface area (Å²) >= 11 is 0. The first-order valence-corrected chi connectivity index (χ1v) is 12.3. The molecule has 1 aromatic carbocycles. The largest absolute Gasteiger partial charge is 0.493 e. The minimum Gasteiger partial charge on any atom is -0.493 e. The fraction of sp³-hybridized carbons (Fsp3) is 0.522. The second kappa shape index (κ2) is 6.46. The van der Waals surface area contributed by atoms with Gasteiger partial charge in [0.05, 0.1) is 11.5 Å². The van der Waals surface area contributed by atoms with Crippen LogP contribution in [-0.2, 0) is 29.7 Å². The highest BCUT2D eigenvalue weighted by Crippen LogP contribution is 2.55. The first-order chi connectivity index (χ1) is 13.8. The number of rotatable bonds is 5. The van der Waals surface area contributed by atoms with Crippen LogP contribution in [0.5, 0.6) is 5.75 Å². The molecular formula is C23H27NO4S. The molecule has 2 saturated carbocycles. The maximum Gasteiger partial charge on any atom is 0.253 e. The summed E-state index contributed by atoms with van der Waals surface area (Å²) in [6.07, 6.45) is 10.7. The number of ether oxygens (including phenoxy) is 1. The summed E-state index contributed by atoms with van der Waals surface area (Å²) in [4.78, 5) is 13.1. The third kappa shape index (κ3) is 3.52. The average Bonchev–Trinajstić information content (AvgIpc) is 3.60. The summed E-state index contributed by atoms with van der Waals surface area (Å²) in [5.41, 5.74) is 4.14. The van der Waals surface area contributed by atoms with Gasteiger partial charge in [-0.25, -0.2) is 8.42 Å². The maximum absolute atomic E-state index is 12.8. The van der Waals surface area contributed by atoms with E-state index in [2.05, 4.69) is 0 Å². The van der Waals surface area contributed by atoms with Gasteiger partial charge in [-0.05, 0) is 80.0 Å². The van der Waals surface area contributed by atoms with E-state index < -0.39 is 9.84 Å². The number of benzene rings is 1. The molecule has 0 bridgehead atoms. The van der Waals surface area contributed by atoms with E-state index >= 15 is 0 Å². The van der Waals surface area contributed by atoms with Crippen LogP contribution in [0.15, 0.2) is 34.1 Å². The van der Waals surface area contributed by atoms with Crippen molar-refractivity contribution in [2.24, 2.45) is 18.4 Å². The Morgan fingerprint density at radius 1 is 1.14 bits per heavy atom. The fourth-order valence-corrected chi connectivity index (χ4v) is 5.20. The topological polar surface area (TPSA) is 65.4 Å². The second-order valence-electron chi connectivity index (χ2n) is 9.28. The summed E-state index contributed by atoms with van der Waals surface area (Å²) in [6.45, 7) is 0.656. The Balaban J connectivity index is 1.69. The normalized spacial score (nSPS) is 19.8. The zero-order valence-electron chi connectivity index (χ0n) is 17.0. The number of hydrogen-bond acceptors (Lipinski definition) is 4. The molecule has 2 aromatic rings. The lowest BCUT2D eigenvalue weighted by atomic mass is 9.79. The summed E-state index contributed by atoms with van der Waals surface area (Å²) in [7, 11) is -1.57. The Labute approximate surface area is 171 Å². The number of sulfone groups is 1. The second-order valence-corrected chi connectivity index (χ2v) is 11.3. The Bertz CT molecular complexity index is 1150. The van der Waals surface area contributed by atoms with Crippen molar-refractivity contribution in [2.75, 3.05) is 12.9 Å². The van der Waals surface area contributed by atoms with Gasteiger partial charge in [-0.15, -0.1) is 0 Å². The SMILES string of the molecule is Cn1cc(-c2cc(S(C)(=O)=O)ccc2OCC2CC2)c2c(c1=O)CCC1(CC1)C2. The number of hydrogen-bond donors (Lipinski definition) is 0. The summed E-state index contributed by atoms with van der Waals surface area (Å²) in [5, 5.41) is 0. The Kier molecular flexibility index (Phi) is 4.21. The van der Waals surface area contributed by atoms with Crippen LogP contribution in [0.25, 0.3) is 11.1 Å². The zero-order chi connectivity index (χ0) is 20.4. The van der Waals surface area contributed by atoms with Crippen molar-refractivity contribution in [3.63, 3.8) is 0 Å². The van der Waals surface area contributed by atoms with Gasteiger partial charge in [0, 0.05) is 36.2 Å². The number of fused-ring (bicyclic) bond motifs is 1. The van der Waals surface area contributed by atoms with Gasteiger partial charge in [-0.2, -0.15) is 0 Å². The van der Waals surface area contributed by atoms with Gasteiger partial charge in [-0.1, -0.05) is 0 Å². The van der Waals surface area contributed by atoms with Crippen LogP contribution >= 0.6 is 0 Å². The molecule has 0 amide bonds. The van der Waals surface area contributed by atoms with Gasteiger partial charge in [0.1, 0.15) is 5.75 Å². The summed E-state index contributed by atoms with van der Waals surface area (Å²) in [6, 6.07) is 5.13. The molecule has 29 heavy (non-hydrogen) atoms. The molecule has 0 N–H and O–H groups in total. The smallest absolute Gasteiger partial charge is 0.253 e. The highest BCUT2D eigenvalue weighted by atomic mass is 32.2. The van der Waals surface area contributed by atoms with E-state index in [-0.39, 0.29) is 10.5 Å². The minimum absolute atomic E-state index is 0.0685. The molecule has 3 aliphatic carbocycles. The molecule has 6 heteroatoms. The van der Waals surface area contributed by atoms with Crippen LogP contribution in [0.1, 0.15) is 43.2 Å². The summed E-state index contributed by atoms with van der Waals surface area (Å²) < 4.78 is 32.2. The lowest BCUT2D eigenvalue weighted by Crippen LogP contribution is -2.29. The first-order valence-electron chi connectivity index (χ1n) is 10.4. The lowest BCUT2D eigenvalue weighted by Gasteiger charge is -2.27. The van der Waals surface area contributed by atoms with Gasteiger partial charge in [0.25, 0.3) is 5.56 Å². The fourth-order valence-electron chi connectivity index (χ4n) is 4.55. The lowest BCUT2D eigenvalue weighted by molar-refractivity contribution is 0.300. The van der Waals surface area contributed by atoms with E-state index in [9.17, 15) is 13.2 Å². The van der Waals surface area contributed by atoms with E-state index in [4.69, 9.17) is 4.74 Å². The standard InChI is InChI=1S/C23H27NO4S/c1-24-13-20(19-12-23(9-10-23)8-7-17(19)22(24)25)18-11-16(29(2,26)27)5-6-21(18)28-14-15-3-4-15/h5-6,11,13,15H,3-4,7-10,12,14H2,1-2H3. The quantitative estimate of drug-likeness (QED) is 0.752. The van der Waals surface area contributed by atoms with Crippen LogP contribution in [0.2, 0.25) is 0 Å². The molecule has 2 fully saturated rings. The predicted octanol–water partition coefficient (Wildman–Crippen LogP) is 3.51. The Hall–Kier alpha value is -2.08. The highest BCUT2D eigenvalue weighted by Gasteiger charge is 2.46. The van der Waals surface area contributed by atoms with Crippen molar-refractivity contribution in [2.45, 2.75) is 49.8 Å². The Morgan fingerprint density at radius 3 is 2.55 bits per heavy atom. The van der Waals surface area contributed by atoms with Crippen LogP contribution < -0.4 is 10.3 Å². The molecule has 154 valence electrons. The van der Waals surface area contributed by atoms with Crippen LogP contribution in [0.4, 0.5) is 0 Å². The highest BCUT2D eigenvalue weighted by molar-refractivity contribution is 7.90. The third-order valence-electron chi connectivity index (χ3n) is 6.85. The molecule has 0 saturated heterocycles. The van der Waals surface area contributed by atoms with Gasteiger partial charge < -0.3 is 9.30 Å². The van der Waals surface area contributed by atoms with E-state index in [0.717, 1.165) is 41.5 Å². The molecule has 1 aromatic heterocycles. The third-order valence-corrected chi connectivity index (χ3v) is 7.96. The van der Waals surface area contributed by atoms with E-state index in [1.165, 1.54) is 31.9 Å². The van der Waals surface area contributed by atoms with Crippen molar-refractivity contribution >= 4 is 9.84 Å². The molecular weight excluding hydrogens is 386 g/mol. The molecule has 3 aliphatic rings. The molecule has 0 aliphatic heterocycles. The molecule has 5 nitrogen and oxygen atoms in total. The first kappa shape index (κ1) is 18.9. The van der Waals surface area contributed by atoms with E-state index in [0.29, 0.717) is 23.7 Å². The predicted molar refractivity (Wildman–Crippen MR) is 112 cm³/mol. The molecule has 1 heterocycles. The molecule has 1 spiro atoms. The van der Waals surface area contributed by atoms with Crippen molar-refractivity contribution in [3.05, 3.63) is 45.9 Å². The molecule has 0 radical (unpaired) electrons. The maximum atomic E-state index is 12.8. The Morgan fingerprint density at radius 2 is 1.90 bits per heavy atom. The van der Waals surface area contributed by atoms with E-state index in [1.807, 2.05) is 6.20 Å². The number of aromatic nitrogens is 1. The van der Waals surface area contributed by atoms with Crippen LogP contribution in [-0.4, -0.2) is 25.8 Å². The number of aryl methyl sites for hydroxylation is 1. The van der Waals surface area contributed by atoms with Crippen molar-refractivity contribution in [1.29, 1.82) is 0 Å². The van der Waals surface area contributed by atoms with Crippen LogP contribution in [0, 0.1) is 11.3 Å². The van der Waals surface area contributed by atoms with E-state index in [1.54, 1.807) is 29.8 Å². The van der Waals surface area contributed by atoms with Crippen LogP contribution in [0.3, 0.4) is 0 Å². The van der Waals surface area contributed by atoms with Crippen molar-refractivity contribution < 1.29 is 13.2 Å². The zero-order valence-corrected chi connectivity index (χ0v) is 17.8. The van der Waals surface area contributed by atoms with Gasteiger partial charge in [0.2, 0.25) is 0 Å².